The molecule has 1 aromatic rings. The molecular formula is C6H8O9P2S. The van der Waals surface area contributed by atoms with Gasteiger partial charge in [0.05, 0.1) is 5.30 Å². The van der Waals surface area contributed by atoms with Crippen molar-refractivity contribution in [3.8, 4) is 0 Å². The van der Waals surface area contributed by atoms with Crippen LogP contribution in [0, 0.1) is 0 Å². The zero-order valence-corrected chi connectivity index (χ0v) is 11.0. The van der Waals surface area contributed by atoms with Crippen LogP contribution >= 0.6 is 15.2 Å². The van der Waals surface area contributed by atoms with Gasteiger partial charge in [-0.1, -0.05) is 6.07 Å². The highest BCUT2D eigenvalue weighted by Crippen LogP contribution is 2.41. The molecule has 102 valence electrons. The minimum Gasteiger partial charge on any atom is -0.321 e. The Kier molecular flexibility index (Phi) is 3.89. The average Bonchev–Trinajstić information content (AvgIpc) is 2.12. The van der Waals surface area contributed by atoms with Crippen LogP contribution in [0.4, 0.5) is 0 Å². The SMILES string of the molecule is O=P(O)(O)c1cccc(S(=O)(=O)O)c1P(=O)(O)O. The van der Waals surface area contributed by atoms with Crippen LogP contribution in [0.2, 0.25) is 0 Å². The lowest BCUT2D eigenvalue weighted by atomic mass is 10.4. The predicted octanol–water partition coefficient (Wildman–Crippen LogP) is -1.46. The summed E-state index contributed by atoms with van der Waals surface area (Å²) in [6.07, 6.45) is 0. The minimum atomic E-state index is -5.32. The molecule has 0 atom stereocenters. The molecule has 0 saturated heterocycles. The van der Waals surface area contributed by atoms with E-state index < -0.39 is 40.8 Å². The van der Waals surface area contributed by atoms with E-state index in [1.807, 2.05) is 0 Å². The van der Waals surface area contributed by atoms with E-state index in [0.717, 1.165) is 6.07 Å². The molecule has 18 heavy (non-hydrogen) atoms. The lowest BCUT2D eigenvalue weighted by Crippen LogP contribution is -2.30. The summed E-state index contributed by atoms with van der Waals surface area (Å²) in [5.41, 5.74) is 0. The molecule has 12 heteroatoms. The molecule has 0 fully saturated rings. The Morgan fingerprint density at radius 3 is 1.78 bits per heavy atom. The van der Waals surface area contributed by atoms with Gasteiger partial charge in [-0.3, -0.25) is 13.7 Å². The van der Waals surface area contributed by atoms with Gasteiger partial charge in [0.25, 0.3) is 10.1 Å². The fourth-order valence-corrected chi connectivity index (χ4v) is 4.82. The van der Waals surface area contributed by atoms with Crippen LogP contribution in [0.25, 0.3) is 0 Å². The van der Waals surface area contributed by atoms with E-state index in [4.69, 9.17) is 24.1 Å². The molecule has 0 unspecified atom stereocenters. The van der Waals surface area contributed by atoms with Gasteiger partial charge in [0, 0.05) is 0 Å². The highest BCUT2D eigenvalue weighted by Gasteiger charge is 2.36. The van der Waals surface area contributed by atoms with E-state index in [0.29, 0.717) is 12.1 Å². The Morgan fingerprint density at radius 2 is 1.44 bits per heavy atom. The van der Waals surface area contributed by atoms with Crippen molar-refractivity contribution >= 4 is 35.9 Å². The van der Waals surface area contributed by atoms with E-state index in [1.165, 1.54) is 0 Å². The van der Waals surface area contributed by atoms with Crippen molar-refractivity contribution in [2.75, 3.05) is 0 Å². The molecule has 0 saturated carbocycles. The number of benzene rings is 1. The third-order valence-corrected chi connectivity index (χ3v) is 5.15. The van der Waals surface area contributed by atoms with Gasteiger partial charge in [-0.25, -0.2) is 0 Å². The number of rotatable bonds is 3. The topological polar surface area (TPSA) is 169 Å². The van der Waals surface area contributed by atoms with Gasteiger partial charge in [-0.15, -0.1) is 0 Å². The van der Waals surface area contributed by atoms with Crippen LogP contribution in [0.1, 0.15) is 0 Å². The lowest BCUT2D eigenvalue weighted by molar-refractivity contribution is 0.380. The Morgan fingerprint density at radius 1 is 0.944 bits per heavy atom. The molecule has 0 aromatic heterocycles. The van der Waals surface area contributed by atoms with Gasteiger partial charge in [0.1, 0.15) is 10.2 Å². The number of hydrogen-bond donors (Lipinski definition) is 5. The summed E-state index contributed by atoms with van der Waals surface area (Å²) in [7, 11) is -15.5. The van der Waals surface area contributed by atoms with Gasteiger partial charge < -0.3 is 19.6 Å². The third kappa shape index (κ3) is 3.25. The normalized spacial score (nSPS) is 13.6. The van der Waals surface area contributed by atoms with Crippen molar-refractivity contribution < 1.29 is 41.7 Å². The maximum Gasteiger partial charge on any atom is 0.358 e. The molecule has 0 spiro atoms. The van der Waals surface area contributed by atoms with E-state index in [-0.39, 0.29) is 0 Å². The Bertz CT molecular complexity index is 666. The third-order valence-electron chi connectivity index (χ3n) is 1.86. The van der Waals surface area contributed by atoms with Gasteiger partial charge in [-0.05, 0) is 12.1 Å². The summed E-state index contributed by atoms with van der Waals surface area (Å²) in [5, 5.41) is -2.55. The Hall–Kier alpha value is -0.570. The maximum atomic E-state index is 11.1. The van der Waals surface area contributed by atoms with Crippen LogP contribution in [-0.2, 0) is 19.2 Å². The average molecular weight is 318 g/mol. The smallest absolute Gasteiger partial charge is 0.321 e. The summed E-state index contributed by atoms with van der Waals surface area (Å²) in [6.45, 7) is 0. The fraction of sp³-hybridized carbons (Fsp3) is 0. The van der Waals surface area contributed by atoms with Gasteiger partial charge >= 0.3 is 15.2 Å². The Balaban J connectivity index is 3.91. The quantitative estimate of drug-likeness (QED) is 0.330. The molecule has 1 aromatic carbocycles. The maximum absolute atomic E-state index is 11.1. The highest BCUT2D eigenvalue weighted by molar-refractivity contribution is 7.86. The van der Waals surface area contributed by atoms with Crippen molar-refractivity contribution in [3.63, 3.8) is 0 Å². The van der Waals surface area contributed by atoms with Crippen LogP contribution in [0.5, 0.6) is 0 Å². The number of hydrogen-bond acceptors (Lipinski definition) is 4. The van der Waals surface area contributed by atoms with E-state index >= 15 is 0 Å². The molecule has 0 radical (unpaired) electrons. The van der Waals surface area contributed by atoms with Crippen LogP contribution < -0.4 is 10.6 Å². The summed E-state index contributed by atoms with van der Waals surface area (Å²) in [5.74, 6) is 0. The molecular weight excluding hydrogens is 310 g/mol. The van der Waals surface area contributed by atoms with Crippen molar-refractivity contribution in [1.29, 1.82) is 0 Å². The molecule has 9 nitrogen and oxygen atoms in total. The molecule has 1 rings (SSSR count). The van der Waals surface area contributed by atoms with Crippen LogP contribution in [-0.4, -0.2) is 32.5 Å². The molecule has 0 aliphatic rings. The van der Waals surface area contributed by atoms with Gasteiger partial charge in [0.15, 0.2) is 0 Å². The Labute approximate surface area is 101 Å². The highest BCUT2D eigenvalue weighted by atomic mass is 32.2. The molecule has 5 N–H and O–H groups in total. The largest absolute Gasteiger partial charge is 0.358 e. The van der Waals surface area contributed by atoms with Crippen molar-refractivity contribution in [2.24, 2.45) is 0 Å². The molecule has 0 heterocycles. The molecule has 0 amide bonds. The van der Waals surface area contributed by atoms with Crippen molar-refractivity contribution in [1.82, 2.24) is 0 Å². The molecule has 0 bridgehead atoms. The fourth-order valence-electron chi connectivity index (χ4n) is 1.25. The molecule has 0 aliphatic heterocycles. The second-order valence-corrected chi connectivity index (χ2v) is 7.68. The van der Waals surface area contributed by atoms with Gasteiger partial charge in [-0.2, -0.15) is 8.42 Å². The van der Waals surface area contributed by atoms with Crippen LogP contribution in [0.15, 0.2) is 23.1 Å². The summed E-state index contributed by atoms with van der Waals surface area (Å²) < 4.78 is 52.9. The molecule has 0 aliphatic carbocycles. The first-order valence-corrected chi connectivity index (χ1v) is 8.74. The first-order chi connectivity index (χ1) is 7.85. The first-order valence-electron chi connectivity index (χ1n) is 4.08. The lowest BCUT2D eigenvalue weighted by Gasteiger charge is -2.14. The minimum absolute atomic E-state index is 0.628. The second kappa shape index (κ2) is 4.52. The summed E-state index contributed by atoms with van der Waals surface area (Å²) >= 11 is 0. The van der Waals surface area contributed by atoms with Gasteiger partial charge in [0.2, 0.25) is 0 Å². The first kappa shape index (κ1) is 15.5. The van der Waals surface area contributed by atoms with E-state index in [1.54, 1.807) is 0 Å². The van der Waals surface area contributed by atoms with Crippen LogP contribution in [0.3, 0.4) is 0 Å². The second-order valence-electron chi connectivity index (χ2n) is 3.19. The zero-order valence-electron chi connectivity index (χ0n) is 8.40. The standard InChI is InChI=1S/C6H8O9P2S/c7-16(8,9)4-2-1-3-5(18(13,14)15)6(4)17(10,11)12/h1-3H,(H2,7,8,9)(H2,10,11,12)(H,13,14,15). The monoisotopic (exact) mass is 318 g/mol. The summed E-state index contributed by atoms with van der Waals surface area (Å²) in [4.78, 5) is 34.5. The van der Waals surface area contributed by atoms with Crippen molar-refractivity contribution in [3.05, 3.63) is 18.2 Å². The van der Waals surface area contributed by atoms with E-state index in [2.05, 4.69) is 0 Å². The van der Waals surface area contributed by atoms with Crippen molar-refractivity contribution in [2.45, 2.75) is 4.90 Å². The van der Waals surface area contributed by atoms with E-state index in [9.17, 15) is 17.5 Å². The summed E-state index contributed by atoms with van der Waals surface area (Å²) in [6, 6.07) is 2.14. The zero-order chi connectivity index (χ0) is 14.4. The predicted molar refractivity (Wildman–Crippen MR) is 59.6 cm³/mol.